The van der Waals surface area contributed by atoms with Gasteiger partial charge in [-0.3, -0.25) is 9.69 Å². The second-order valence-electron chi connectivity index (χ2n) is 8.70. The summed E-state index contributed by atoms with van der Waals surface area (Å²) in [4.78, 5) is 22.0. The average molecular weight is 478 g/mol. The van der Waals surface area contributed by atoms with E-state index in [1.807, 2.05) is 59.9 Å². The standard InChI is InChI=1S/C27H31N5O.ClH/c1-2-3-14-30(26-13-15-31(27(26)33)18-23-7-5-4-6-8-23)20-25-17-29-21-32(25)19-24-11-9-22(16-28)10-12-24;/h4-12,17,21,26H,2-3,13-15,18-20H2,1H3;1H/t26-;/m1./s1. The molecule has 6 nitrogen and oxygen atoms in total. The highest BCUT2D eigenvalue weighted by Gasteiger charge is 2.35. The van der Waals surface area contributed by atoms with E-state index in [1.54, 1.807) is 0 Å². The first-order valence-corrected chi connectivity index (χ1v) is 11.7. The Morgan fingerprint density at radius 3 is 2.53 bits per heavy atom. The molecule has 3 aromatic rings. The topological polar surface area (TPSA) is 65.2 Å². The number of nitrogens with zero attached hydrogens (tertiary/aromatic N) is 5. The quantitative estimate of drug-likeness (QED) is 0.427. The van der Waals surface area contributed by atoms with Gasteiger partial charge in [-0.2, -0.15) is 5.26 Å². The number of aromatic nitrogens is 2. The Kier molecular flexibility index (Phi) is 9.26. The third kappa shape index (κ3) is 6.25. The molecule has 1 aromatic heterocycles. The van der Waals surface area contributed by atoms with Crippen molar-refractivity contribution in [3.63, 3.8) is 0 Å². The Labute approximate surface area is 208 Å². The van der Waals surface area contributed by atoms with Crippen molar-refractivity contribution >= 4 is 18.3 Å². The monoisotopic (exact) mass is 477 g/mol. The lowest BCUT2D eigenvalue weighted by atomic mass is 10.1. The summed E-state index contributed by atoms with van der Waals surface area (Å²) in [6, 6.07) is 20.0. The van der Waals surface area contributed by atoms with Gasteiger partial charge in [0.15, 0.2) is 0 Å². The maximum atomic E-state index is 13.3. The number of carbonyl (C=O) groups excluding carboxylic acids is 1. The number of unbranched alkanes of at least 4 members (excludes halogenated alkanes) is 1. The van der Waals surface area contributed by atoms with Gasteiger partial charge in [0.2, 0.25) is 5.91 Å². The zero-order valence-corrected chi connectivity index (χ0v) is 20.5. The van der Waals surface area contributed by atoms with Crippen LogP contribution >= 0.6 is 12.4 Å². The van der Waals surface area contributed by atoms with Crippen LogP contribution in [0.25, 0.3) is 0 Å². The molecule has 1 atom stereocenters. The molecule has 178 valence electrons. The number of amides is 1. The molecule has 1 fully saturated rings. The summed E-state index contributed by atoms with van der Waals surface area (Å²) in [5.41, 5.74) is 4.06. The Balaban J connectivity index is 0.00000324. The summed E-state index contributed by atoms with van der Waals surface area (Å²) in [6.07, 6.45) is 6.77. The zero-order valence-electron chi connectivity index (χ0n) is 19.6. The molecule has 1 amide bonds. The second kappa shape index (κ2) is 12.4. The number of imidazole rings is 1. The van der Waals surface area contributed by atoms with E-state index in [4.69, 9.17) is 5.26 Å². The van der Waals surface area contributed by atoms with Gasteiger partial charge >= 0.3 is 0 Å². The van der Waals surface area contributed by atoms with E-state index in [0.29, 0.717) is 25.2 Å². The third-order valence-electron chi connectivity index (χ3n) is 6.32. The van der Waals surface area contributed by atoms with Crippen molar-refractivity contribution in [2.75, 3.05) is 13.1 Å². The van der Waals surface area contributed by atoms with Crippen LogP contribution in [0.3, 0.4) is 0 Å². The molecule has 0 aliphatic carbocycles. The summed E-state index contributed by atoms with van der Waals surface area (Å²) in [7, 11) is 0. The van der Waals surface area contributed by atoms with E-state index >= 15 is 0 Å². The summed E-state index contributed by atoms with van der Waals surface area (Å²) in [6.45, 7) is 5.95. The number of rotatable bonds is 10. The van der Waals surface area contributed by atoms with Gasteiger partial charge in [-0.1, -0.05) is 55.8 Å². The van der Waals surface area contributed by atoms with Crippen molar-refractivity contribution in [2.24, 2.45) is 0 Å². The van der Waals surface area contributed by atoms with Crippen LogP contribution in [0, 0.1) is 11.3 Å². The molecular formula is C27H32ClN5O. The van der Waals surface area contributed by atoms with Gasteiger partial charge in [-0.15, -0.1) is 12.4 Å². The van der Waals surface area contributed by atoms with Gasteiger partial charge in [0.25, 0.3) is 0 Å². The molecule has 7 heteroatoms. The molecule has 1 saturated heterocycles. The van der Waals surface area contributed by atoms with Crippen molar-refractivity contribution < 1.29 is 4.79 Å². The van der Waals surface area contributed by atoms with Crippen molar-refractivity contribution in [3.05, 3.63) is 89.5 Å². The second-order valence-corrected chi connectivity index (χ2v) is 8.70. The highest BCUT2D eigenvalue weighted by Crippen LogP contribution is 2.22. The molecular weight excluding hydrogens is 446 g/mol. The minimum Gasteiger partial charge on any atom is -0.337 e. The number of benzene rings is 2. The zero-order chi connectivity index (χ0) is 23.0. The van der Waals surface area contributed by atoms with Crippen LogP contribution in [0.5, 0.6) is 0 Å². The van der Waals surface area contributed by atoms with Gasteiger partial charge in [-0.05, 0) is 42.6 Å². The van der Waals surface area contributed by atoms with E-state index in [-0.39, 0.29) is 24.4 Å². The minimum absolute atomic E-state index is 0. The highest BCUT2D eigenvalue weighted by atomic mass is 35.5. The van der Waals surface area contributed by atoms with Crippen molar-refractivity contribution in [1.29, 1.82) is 5.26 Å². The third-order valence-corrected chi connectivity index (χ3v) is 6.32. The summed E-state index contributed by atoms with van der Waals surface area (Å²) >= 11 is 0. The first-order chi connectivity index (χ1) is 16.2. The lowest BCUT2D eigenvalue weighted by Gasteiger charge is -2.28. The van der Waals surface area contributed by atoms with Crippen LogP contribution in [0.15, 0.2) is 67.1 Å². The first kappa shape index (κ1) is 25.5. The van der Waals surface area contributed by atoms with Crippen LogP contribution in [0.1, 0.15) is 48.6 Å². The molecule has 34 heavy (non-hydrogen) atoms. The van der Waals surface area contributed by atoms with Gasteiger partial charge < -0.3 is 9.47 Å². The number of carbonyl (C=O) groups is 1. The van der Waals surface area contributed by atoms with Crippen LogP contribution < -0.4 is 0 Å². The van der Waals surface area contributed by atoms with E-state index < -0.39 is 0 Å². The van der Waals surface area contributed by atoms with Gasteiger partial charge in [0.1, 0.15) is 0 Å². The molecule has 0 N–H and O–H groups in total. The maximum absolute atomic E-state index is 13.3. The van der Waals surface area contributed by atoms with Crippen LogP contribution in [0.4, 0.5) is 0 Å². The number of nitriles is 1. The van der Waals surface area contributed by atoms with E-state index in [1.165, 1.54) is 5.56 Å². The molecule has 0 saturated carbocycles. The van der Waals surface area contributed by atoms with Crippen molar-refractivity contribution in [3.8, 4) is 6.07 Å². The fourth-order valence-corrected chi connectivity index (χ4v) is 4.44. The number of hydrogen-bond donors (Lipinski definition) is 0. The Hall–Kier alpha value is -3.14. The number of likely N-dealkylation sites (tertiary alicyclic amines) is 1. The fourth-order valence-electron chi connectivity index (χ4n) is 4.44. The average Bonchev–Trinajstić information content (AvgIpc) is 3.44. The highest BCUT2D eigenvalue weighted by molar-refractivity contribution is 5.85. The fraction of sp³-hybridized carbons (Fsp3) is 0.370. The molecule has 0 bridgehead atoms. The largest absolute Gasteiger partial charge is 0.337 e. The number of halogens is 1. The molecule has 0 radical (unpaired) electrons. The predicted molar refractivity (Wildman–Crippen MR) is 135 cm³/mol. The first-order valence-electron chi connectivity index (χ1n) is 11.7. The molecule has 0 unspecified atom stereocenters. The van der Waals surface area contributed by atoms with E-state index in [0.717, 1.165) is 43.6 Å². The van der Waals surface area contributed by atoms with Crippen LogP contribution in [0.2, 0.25) is 0 Å². The Morgan fingerprint density at radius 1 is 1.09 bits per heavy atom. The Morgan fingerprint density at radius 2 is 1.82 bits per heavy atom. The molecule has 2 heterocycles. The van der Waals surface area contributed by atoms with E-state index in [9.17, 15) is 4.79 Å². The van der Waals surface area contributed by atoms with Crippen molar-refractivity contribution in [2.45, 2.75) is 51.9 Å². The summed E-state index contributed by atoms with van der Waals surface area (Å²) < 4.78 is 2.14. The smallest absolute Gasteiger partial charge is 0.240 e. The lowest BCUT2D eigenvalue weighted by molar-refractivity contribution is -0.132. The molecule has 1 aliphatic rings. The normalized spacial score (nSPS) is 15.4. The van der Waals surface area contributed by atoms with Gasteiger partial charge in [0, 0.05) is 32.4 Å². The minimum atomic E-state index is -0.0847. The summed E-state index contributed by atoms with van der Waals surface area (Å²) in [5.74, 6) is 0.230. The molecule has 0 spiro atoms. The van der Waals surface area contributed by atoms with Crippen molar-refractivity contribution in [1.82, 2.24) is 19.4 Å². The van der Waals surface area contributed by atoms with E-state index in [2.05, 4.69) is 39.6 Å². The molecule has 2 aromatic carbocycles. The molecule has 4 rings (SSSR count). The van der Waals surface area contributed by atoms with Crippen LogP contribution in [-0.2, 0) is 24.4 Å². The Bertz CT molecular complexity index is 1090. The van der Waals surface area contributed by atoms with Gasteiger partial charge in [-0.25, -0.2) is 4.98 Å². The number of hydrogen-bond acceptors (Lipinski definition) is 4. The molecule has 1 aliphatic heterocycles. The SMILES string of the molecule is CCCCN(Cc1cncn1Cc1ccc(C#N)cc1)[C@@H]1CCN(Cc2ccccc2)C1=O.Cl. The summed E-state index contributed by atoms with van der Waals surface area (Å²) in [5, 5.41) is 9.02. The predicted octanol–water partition coefficient (Wildman–Crippen LogP) is 4.63. The van der Waals surface area contributed by atoms with Crippen LogP contribution in [-0.4, -0.2) is 44.4 Å². The lowest BCUT2D eigenvalue weighted by Crippen LogP contribution is -2.42. The maximum Gasteiger partial charge on any atom is 0.240 e. The van der Waals surface area contributed by atoms with Gasteiger partial charge in [0.05, 0.1) is 29.7 Å².